The van der Waals surface area contributed by atoms with Crippen LogP contribution in [0.2, 0.25) is 0 Å². The summed E-state index contributed by atoms with van der Waals surface area (Å²) in [7, 11) is 0. The lowest BCUT2D eigenvalue weighted by atomic mass is 10.1. The van der Waals surface area contributed by atoms with Crippen LogP contribution >= 0.6 is 11.8 Å². The molecule has 1 fully saturated rings. The van der Waals surface area contributed by atoms with Gasteiger partial charge in [0, 0.05) is 24.4 Å². The van der Waals surface area contributed by atoms with Gasteiger partial charge in [-0.05, 0) is 31.9 Å². The summed E-state index contributed by atoms with van der Waals surface area (Å²) < 4.78 is 0. The van der Waals surface area contributed by atoms with Crippen molar-refractivity contribution >= 4 is 17.6 Å². The molecule has 1 saturated carbocycles. The number of hydrogen-bond donors (Lipinski definition) is 2. The topological polar surface area (TPSA) is 58.0 Å². The lowest BCUT2D eigenvalue weighted by Gasteiger charge is -2.16. The first-order valence-electron chi connectivity index (χ1n) is 6.61. The van der Waals surface area contributed by atoms with Crippen LogP contribution in [0.4, 0.5) is 5.82 Å². The second-order valence-corrected chi connectivity index (χ2v) is 5.46. The normalized spacial score (nSPS) is 16.1. The Balaban J connectivity index is 2.11. The molecular weight excluding hydrogens is 246 g/mol. The molecule has 0 aliphatic heterocycles. The van der Waals surface area contributed by atoms with Gasteiger partial charge in [-0.15, -0.1) is 0 Å². The number of rotatable bonds is 6. The van der Waals surface area contributed by atoms with E-state index in [-0.39, 0.29) is 6.61 Å². The fraction of sp³-hybridized carbons (Fsp3) is 0.692. The molecule has 0 saturated heterocycles. The van der Waals surface area contributed by atoms with Crippen LogP contribution in [0.25, 0.3) is 0 Å². The first-order valence-corrected chi connectivity index (χ1v) is 7.83. The van der Waals surface area contributed by atoms with Crippen molar-refractivity contribution in [3.05, 3.63) is 11.8 Å². The third kappa shape index (κ3) is 3.59. The molecule has 0 aromatic carbocycles. The minimum absolute atomic E-state index is 0.215. The predicted molar refractivity (Wildman–Crippen MR) is 75.1 cm³/mol. The zero-order chi connectivity index (χ0) is 12.8. The maximum atomic E-state index is 8.94. The number of anilines is 1. The summed E-state index contributed by atoms with van der Waals surface area (Å²) in [5.74, 6) is 0.967. The maximum Gasteiger partial charge on any atom is 0.189 e. The summed E-state index contributed by atoms with van der Waals surface area (Å²) in [5.41, 5.74) is 1.12. The van der Waals surface area contributed by atoms with E-state index < -0.39 is 0 Å². The third-order valence-electron chi connectivity index (χ3n) is 3.33. The van der Waals surface area contributed by atoms with Crippen molar-refractivity contribution in [3.8, 4) is 0 Å². The van der Waals surface area contributed by atoms with E-state index in [2.05, 4.69) is 15.3 Å². The highest BCUT2D eigenvalue weighted by molar-refractivity contribution is 7.98. The van der Waals surface area contributed by atoms with Crippen LogP contribution in [0.1, 0.15) is 37.7 Å². The Labute approximate surface area is 113 Å². The lowest BCUT2D eigenvalue weighted by molar-refractivity contribution is 0.288. The van der Waals surface area contributed by atoms with Gasteiger partial charge in [-0.3, -0.25) is 0 Å². The van der Waals surface area contributed by atoms with Gasteiger partial charge in [0.15, 0.2) is 5.16 Å². The van der Waals surface area contributed by atoms with Crippen molar-refractivity contribution in [2.24, 2.45) is 0 Å². The molecule has 5 heteroatoms. The number of aromatic nitrogens is 2. The summed E-state index contributed by atoms with van der Waals surface area (Å²) >= 11 is 1.56. The summed E-state index contributed by atoms with van der Waals surface area (Å²) in [4.78, 5) is 8.88. The van der Waals surface area contributed by atoms with Crippen molar-refractivity contribution < 1.29 is 5.11 Å². The summed E-state index contributed by atoms with van der Waals surface area (Å²) in [6.45, 7) is 0.215. The number of aliphatic hydroxyl groups is 1. The van der Waals surface area contributed by atoms with E-state index >= 15 is 0 Å². The van der Waals surface area contributed by atoms with Crippen LogP contribution in [-0.2, 0) is 6.42 Å². The zero-order valence-electron chi connectivity index (χ0n) is 10.9. The van der Waals surface area contributed by atoms with Crippen LogP contribution in [0, 0.1) is 0 Å². The zero-order valence-corrected chi connectivity index (χ0v) is 11.7. The third-order valence-corrected chi connectivity index (χ3v) is 3.89. The van der Waals surface area contributed by atoms with E-state index in [1.165, 1.54) is 25.7 Å². The highest BCUT2D eigenvalue weighted by Gasteiger charge is 2.17. The molecule has 0 amide bonds. The first kappa shape index (κ1) is 13.6. The Hall–Kier alpha value is -0.810. The van der Waals surface area contributed by atoms with Gasteiger partial charge in [0.05, 0.1) is 0 Å². The van der Waals surface area contributed by atoms with E-state index in [4.69, 9.17) is 5.11 Å². The van der Waals surface area contributed by atoms with Gasteiger partial charge in [-0.1, -0.05) is 24.6 Å². The largest absolute Gasteiger partial charge is 0.396 e. The van der Waals surface area contributed by atoms with E-state index in [0.29, 0.717) is 6.04 Å². The Morgan fingerprint density at radius 3 is 2.89 bits per heavy atom. The molecule has 18 heavy (non-hydrogen) atoms. The number of hydrogen-bond acceptors (Lipinski definition) is 5. The van der Waals surface area contributed by atoms with Gasteiger partial charge in [0.25, 0.3) is 0 Å². The van der Waals surface area contributed by atoms with Gasteiger partial charge in [0.2, 0.25) is 0 Å². The van der Waals surface area contributed by atoms with Crippen LogP contribution < -0.4 is 5.32 Å². The Bertz CT molecular complexity index is 380. The quantitative estimate of drug-likeness (QED) is 0.612. The molecule has 0 unspecified atom stereocenters. The van der Waals surface area contributed by atoms with E-state index in [9.17, 15) is 0 Å². The van der Waals surface area contributed by atoms with E-state index in [1.807, 2.05) is 12.5 Å². The number of aryl methyl sites for hydroxylation is 1. The monoisotopic (exact) mass is 267 g/mol. The van der Waals surface area contributed by atoms with Crippen molar-refractivity contribution in [3.63, 3.8) is 0 Å². The fourth-order valence-corrected chi connectivity index (χ4v) is 2.67. The molecule has 100 valence electrons. The molecule has 0 spiro atoms. The van der Waals surface area contributed by atoms with Crippen LogP contribution in [0.3, 0.4) is 0 Å². The smallest absolute Gasteiger partial charge is 0.189 e. The predicted octanol–water partition coefficient (Wildman–Crippen LogP) is 2.48. The second-order valence-electron chi connectivity index (χ2n) is 4.68. The molecule has 0 atom stereocenters. The number of nitrogens with zero attached hydrogens (tertiary/aromatic N) is 2. The van der Waals surface area contributed by atoms with Gasteiger partial charge < -0.3 is 10.4 Å². The van der Waals surface area contributed by atoms with Crippen molar-refractivity contribution in [1.29, 1.82) is 0 Å². The molecule has 1 heterocycles. The molecule has 0 bridgehead atoms. The van der Waals surface area contributed by atoms with Crippen molar-refractivity contribution in [2.75, 3.05) is 18.2 Å². The SMILES string of the molecule is CSc1ncc(CCCO)c(NC2CCCC2)n1. The van der Waals surface area contributed by atoms with E-state index in [1.54, 1.807) is 11.8 Å². The molecule has 0 radical (unpaired) electrons. The average molecular weight is 267 g/mol. The Kier molecular flexibility index (Phi) is 5.26. The summed E-state index contributed by atoms with van der Waals surface area (Å²) in [6, 6.07) is 0.558. The average Bonchev–Trinajstić information content (AvgIpc) is 2.90. The molecule has 1 aliphatic carbocycles. The second kappa shape index (κ2) is 6.95. The Morgan fingerprint density at radius 1 is 1.44 bits per heavy atom. The fourth-order valence-electron chi connectivity index (χ4n) is 2.33. The van der Waals surface area contributed by atoms with Gasteiger partial charge in [0.1, 0.15) is 5.82 Å². The van der Waals surface area contributed by atoms with Crippen LogP contribution in [0.5, 0.6) is 0 Å². The number of aliphatic hydroxyl groups excluding tert-OH is 1. The standard InChI is InChI=1S/C13H21N3OS/c1-18-13-14-9-10(5-4-8-17)12(16-13)15-11-6-2-3-7-11/h9,11,17H,2-8H2,1H3,(H,14,15,16). The lowest BCUT2D eigenvalue weighted by Crippen LogP contribution is -2.17. The van der Waals surface area contributed by atoms with Crippen LogP contribution in [-0.4, -0.2) is 34.0 Å². The molecular formula is C13H21N3OS. The molecule has 4 nitrogen and oxygen atoms in total. The van der Waals surface area contributed by atoms with Crippen LogP contribution in [0.15, 0.2) is 11.4 Å². The Morgan fingerprint density at radius 2 is 2.22 bits per heavy atom. The van der Waals surface area contributed by atoms with Gasteiger partial charge in [-0.2, -0.15) is 0 Å². The number of nitrogens with one attached hydrogen (secondary N) is 1. The highest BCUT2D eigenvalue weighted by atomic mass is 32.2. The summed E-state index contributed by atoms with van der Waals surface area (Å²) in [6.07, 6.45) is 10.6. The minimum atomic E-state index is 0.215. The number of thioether (sulfide) groups is 1. The van der Waals surface area contributed by atoms with Gasteiger partial charge in [-0.25, -0.2) is 9.97 Å². The molecule has 2 rings (SSSR count). The first-order chi connectivity index (χ1) is 8.83. The van der Waals surface area contributed by atoms with Crippen molar-refractivity contribution in [2.45, 2.75) is 49.7 Å². The molecule has 2 N–H and O–H groups in total. The molecule has 1 aromatic rings. The highest BCUT2D eigenvalue weighted by Crippen LogP contribution is 2.24. The van der Waals surface area contributed by atoms with Gasteiger partial charge >= 0.3 is 0 Å². The molecule has 1 aliphatic rings. The van der Waals surface area contributed by atoms with Crippen molar-refractivity contribution in [1.82, 2.24) is 9.97 Å². The summed E-state index contributed by atoms with van der Waals surface area (Å²) in [5, 5.41) is 13.3. The maximum absolute atomic E-state index is 8.94. The molecule has 1 aromatic heterocycles. The van der Waals surface area contributed by atoms with E-state index in [0.717, 1.165) is 29.4 Å². The minimum Gasteiger partial charge on any atom is -0.396 e.